The lowest BCUT2D eigenvalue weighted by atomic mass is 9.84. The van der Waals surface area contributed by atoms with Gasteiger partial charge in [0.15, 0.2) is 0 Å². The van der Waals surface area contributed by atoms with Gasteiger partial charge in [0.2, 0.25) is 5.91 Å². The summed E-state index contributed by atoms with van der Waals surface area (Å²) in [6.07, 6.45) is 5.32. The lowest BCUT2D eigenvalue weighted by Crippen LogP contribution is -2.47. The molecule has 1 aliphatic carbocycles. The summed E-state index contributed by atoms with van der Waals surface area (Å²) in [6, 6.07) is 2.50. The van der Waals surface area contributed by atoms with Gasteiger partial charge >= 0.3 is 0 Å². The molecule has 0 aromatic heterocycles. The van der Waals surface area contributed by atoms with Crippen molar-refractivity contribution in [3.63, 3.8) is 0 Å². The maximum atomic E-state index is 11.7. The average molecular weight is 221 g/mol. The Bertz CT molecular complexity index is 285. The number of piperidine rings is 1. The molecule has 16 heavy (non-hydrogen) atoms. The molecule has 4 heteroatoms. The van der Waals surface area contributed by atoms with Gasteiger partial charge in [0, 0.05) is 25.0 Å². The fourth-order valence-corrected chi connectivity index (χ4v) is 2.32. The second-order valence-corrected chi connectivity index (χ2v) is 4.84. The highest BCUT2D eigenvalue weighted by Crippen LogP contribution is 2.26. The van der Waals surface area contributed by atoms with Crippen LogP contribution in [0.15, 0.2) is 0 Å². The molecule has 0 bridgehead atoms. The third kappa shape index (κ3) is 2.73. The first-order valence-corrected chi connectivity index (χ1v) is 6.19. The maximum absolute atomic E-state index is 11.7. The third-order valence-corrected chi connectivity index (χ3v) is 3.70. The summed E-state index contributed by atoms with van der Waals surface area (Å²) in [4.78, 5) is 13.9. The van der Waals surface area contributed by atoms with Crippen LogP contribution >= 0.6 is 0 Å². The van der Waals surface area contributed by atoms with E-state index < -0.39 is 0 Å². The van der Waals surface area contributed by atoms with E-state index in [1.165, 1.54) is 6.42 Å². The first-order chi connectivity index (χ1) is 7.79. The summed E-state index contributed by atoms with van der Waals surface area (Å²) in [5.74, 6) is 0.544. The monoisotopic (exact) mass is 221 g/mol. The number of rotatable bonds is 3. The molecular formula is C12H19N3O. The second kappa shape index (κ2) is 5.31. The van der Waals surface area contributed by atoms with Crippen LogP contribution in [0.4, 0.5) is 0 Å². The molecule has 1 N–H and O–H groups in total. The molecule has 1 heterocycles. The zero-order valence-electron chi connectivity index (χ0n) is 9.61. The van der Waals surface area contributed by atoms with E-state index in [4.69, 9.17) is 5.26 Å². The SMILES string of the molecule is N#CCN1CCC(NC(=O)C2CCC2)CC1. The number of hydrogen-bond acceptors (Lipinski definition) is 3. The van der Waals surface area contributed by atoms with Gasteiger partial charge in [-0.2, -0.15) is 5.26 Å². The fraction of sp³-hybridized carbons (Fsp3) is 0.833. The molecule has 2 aliphatic rings. The molecule has 0 atom stereocenters. The highest BCUT2D eigenvalue weighted by molar-refractivity contribution is 5.79. The summed E-state index contributed by atoms with van der Waals surface area (Å²) >= 11 is 0. The molecule has 0 radical (unpaired) electrons. The minimum Gasteiger partial charge on any atom is -0.353 e. The van der Waals surface area contributed by atoms with Gasteiger partial charge in [-0.05, 0) is 25.7 Å². The summed E-state index contributed by atoms with van der Waals surface area (Å²) in [6.45, 7) is 2.38. The second-order valence-electron chi connectivity index (χ2n) is 4.84. The summed E-state index contributed by atoms with van der Waals surface area (Å²) in [5, 5.41) is 11.7. The van der Waals surface area contributed by atoms with Crippen molar-refractivity contribution in [1.29, 1.82) is 5.26 Å². The molecule has 4 nitrogen and oxygen atoms in total. The van der Waals surface area contributed by atoms with Gasteiger partial charge in [-0.1, -0.05) is 6.42 Å². The van der Waals surface area contributed by atoms with Crippen LogP contribution in [0.3, 0.4) is 0 Å². The molecule has 1 aliphatic heterocycles. The number of nitrogens with one attached hydrogen (secondary N) is 1. The van der Waals surface area contributed by atoms with Crippen LogP contribution in [-0.2, 0) is 4.79 Å². The largest absolute Gasteiger partial charge is 0.353 e. The standard InChI is InChI=1S/C12H19N3O/c13-6-9-15-7-4-11(5-8-15)14-12(16)10-2-1-3-10/h10-11H,1-5,7-9H2,(H,14,16). The van der Waals surface area contributed by atoms with Gasteiger partial charge < -0.3 is 5.32 Å². The summed E-state index contributed by atoms with van der Waals surface area (Å²) in [7, 11) is 0. The van der Waals surface area contributed by atoms with Crippen molar-refractivity contribution in [3.05, 3.63) is 0 Å². The fourth-order valence-electron chi connectivity index (χ4n) is 2.32. The van der Waals surface area contributed by atoms with E-state index in [1.54, 1.807) is 0 Å². The molecule has 1 saturated carbocycles. The van der Waals surface area contributed by atoms with Crippen molar-refractivity contribution in [1.82, 2.24) is 10.2 Å². The quantitative estimate of drug-likeness (QED) is 0.720. The Morgan fingerprint density at radius 2 is 2.00 bits per heavy atom. The van der Waals surface area contributed by atoms with Crippen LogP contribution < -0.4 is 5.32 Å². The van der Waals surface area contributed by atoms with Crippen LogP contribution in [-0.4, -0.2) is 36.5 Å². The van der Waals surface area contributed by atoms with Gasteiger partial charge in [0.05, 0.1) is 12.6 Å². The molecule has 88 valence electrons. The number of carbonyl (C=O) groups excluding carboxylic acids is 1. The molecule has 1 amide bonds. The highest BCUT2D eigenvalue weighted by atomic mass is 16.2. The number of likely N-dealkylation sites (tertiary alicyclic amines) is 1. The number of carbonyl (C=O) groups is 1. The van der Waals surface area contributed by atoms with E-state index >= 15 is 0 Å². The Morgan fingerprint density at radius 1 is 1.31 bits per heavy atom. The third-order valence-electron chi connectivity index (χ3n) is 3.70. The molecule has 2 rings (SSSR count). The van der Waals surface area contributed by atoms with Crippen molar-refractivity contribution in [2.24, 2.45) is 5.92 Å². The smallest absolute Gasteiger partial charge is 0.223 e. The molecule has 0 spiro atoms. The van der Waals surface area contributed by atoms with Crippen LogP contribution in [0.2, 0.25) is 0 Å². The van der Waals surface area contributed by atoms with Crippen LogP contribution in [0.1, 0.15) is 32.1 Å². The van der Waals surface area contributed by atoms with Crippen molar-refractivity contribution in [3.8, 4) is 6.07 Å². The predicted octanol–water partition coefficient (Wildman–Crippen LogP) is 0.891. The van der Waals surface area contributed by atoms with Gasteiger partial charge in [0.25, 0.3) is 0 Å². The van der Waals surface area contributed by atoms with E-state index in [9.17, 15) is 4.79 Å². The van der Waals surface area contributed by atoms with E-state index in [2.05, 4.69) is 16.3 Å². The number of nitriles is 1. The minimum atomic E-state index is 0.255. The summed E-state index contributed by atoms with van der Waals surface area (Å²) in [5.41, 5.74) is 0. The van der Waals surface area contributed by atoms with Gasteiger partial charge in [-0.3, -0.25) is 9.69 Å². The average Bonchev–Trinajstić information content (AvgIpc) is 2.18. The molecule has 0 aromatic carbocycles. The Hall–Kier alpha value is -1.08. The van der Waals surface area contributed by atoms with Gasteiger partial charge in [-0.15, -0.1) is 0 Å². The normalized spacial score (nSPS) is 23.4. The van der Waals surface area contributed by atoms with Gasteiger partial charge in [0.1, 0.15) is 0 Å². The van der Waals surface area contributed by atoms with Crippen molar-refractivity contribution in [2.75, 3.05) is 19.6 Å². The number of amides is 1. The van der Waals surface area contributed by atoms with E-state index in [1.807, 2.05) is 0 Å². The first kappa shape index (κ1) is 11.4. The Balaban J connectivity index is 1.68. The first-order valence-electron chi connectivity index (χ1n) is 6.19. The number of hydrogen-bond donors (Lipinski definition) is 1. The Kier molecular flexibility index (Phi) is 3.79. The maximum Gasteiger partial charge on any atom is 0.223 e. The van der Waals surface area contributed by atoms with Crippen molar-refractivity contribution in [2.45, 2.75) is 38.1 Å². The van der Waals surface area contributed by atoms with Crippen LogP contribution in [0.5, 0.6) is 0 Å². The lowest BCUT2D eigenvalue weighted by molar-refractivity contribution is -0.128. The minimum absolute atomic E-state index is 0.255. The van der Waals surface area contributed by atoms with E-state index in [0.29, 0.717) is 12.6 Å². The Morgan fingerprint density at radius 3 is 2.50 bits per heavy atom. The van der Waals surface area contributed by atoms with Gasteiger partial charge in [-0.25, -0.2) is 0 Å². The zero-order valence-corrected chi connectivity index (χ0v) is 9.61. The summed E-state index contributed by atoms with van der Waals surface area (Å²) < 4.78 is 0. The number of nitrogens with zero attached hydrogens (tertiary/aromatic N) is 2. The topological polar surface area (TPSA) is 56.1 Å². The lowest BCUT2D eigenvalue weighted by Gasteiger charge is -2.33. The molecular weight excluding hydrogens is 202 g/mol. The van der Waals surface area contributed by atoms with Crippen molar-refractivity contribution >= 4 is 5.91 Å². The van der Waals surface area contributed by atoms with Crippen molar-refractivity contribution < 1.29 is 4.79 Å². The predicted molar refractivity (Wildman–Crippen MR) is 60.6 cm³/mol. The molecule has 0 aromatic rings. The van der Waals surface area contributed by atoms with E-state index in [-0.39, 0.29) is 11.8 Å². The molecule has 2 fully saturated rings. The molecule has 1 saturated heterocycles. The zero-order chi connectivity index (χ0) is 11.4. The van der Waals surface area contributed by atoms with E-state index in [0.717, 1.165) is 38.8 Å². The van der Waals surface area contributed by atoms with Crippen LogP contribution in [0.25, 0.3) is 0 Å². The highest BCUT2D eigenvalue weighted by Gasteiger charge is 2.28. The molecule has 0 unspecified atom stereocenters. The Labute approximate surface area is 96.6 Å². The van der Waals surface area contributed by atoms with Crippen LogP contribution in [0, 0.1) is 17.2 Å².